The number of nitrogens with zero attached hydrogens (tertiary/aromatic N) is 2. The minimum Gasteiger partial charge on any atom is -0.508 e. The first kappa shape index (κ1) is 16.2. The van der Waals surface area contributed by atoms with Gasteiger partial charge in [-0.1, -0.05) is 0 Å². The van der Waals surface area contributed by atoms with E-state index in [9.17, 15) is 9.90 Å². The summed E-state index contributed by atoms with van der Waals surface area (Å²) in [5.41, 5.74) is 3.72. The second-order valence-corrected chi connectivity index (χ2v) is 5.98. The summed E-state index contributed by atoms with van der Waals surface area (Å²) < 4.78 is 4.73. The van der Waals surface area contributed by atoms with E-state index < -0.39 is 0 Å². The smallest absolute Gasteiger partial charge is 0.337 e. The molecule has 0 aliphatic carbocycles. The summed E-state index contributed by atoms with van der Waals surface area (Å²) in [5, 5.41) is 9.65. The molecular formula is C19H22N2O3. The fourth-order valence-electron chi connectivity index (χ4n) is 2.99. The molecule has 1 saturated heterocycles. The van der Waals surface area contributed by atoms with Crippen LogP contribution in [-0.4, -0.2) is 44.4 Å². The fourth-order valence-corrected chi connectivity index (χ4v) is 2.99. The molecule has 5 heteroatoms. The summed E-state index contributed by atoms with van der Waals surface area (Å²) in [4.78, 5) is 16.1. The molecular weight excluding hydrogens is 304 g/mol. The largest absolute Gasteiger partial charge is 0.508 e. The summed E-state index contributed by atoms with van der Waals surface area (Å²) in [5.74, 6) is 0.0251. The van der Waals surface area contributed by atoms with E-state index in [1.807, 2.05) is 31.2 Å². The highest BCUT2D eigenvalue weighted by Gasteiger charge is 2.18. The zero-order valence-corrected chi connectivity index (χ0v) is 14.0. The van der Waals surface area contributed by atoms with E-state index in [4.69, 9.17) is 4.74 Å². The lowest BCUT2D eigenvalue weighted by Gasteiger charge is -2.37. The van der Waals surface area contributed by atoms with Crippen LogP contribution in [0.3, 0.4) is 0 Å². The Kier molecular flexibility index (Phi) is 4.60. The average molecular weight is 326 g/mol. The second-order valence-electron chi connectivity index (χ2n) is 5.98. The van der Waals surface area contributed by atoms with Crippen molar-refractivity contribution in [3.05, 3.63) is 53.6 Å². The SMILES string of the molecule is COC(=O)c1ccc(N2CCN(c3ccc(O)c(C)c3)CC2)cc1. The van der Waals surface area contributed by atoms with Gasteiger partial charge >= 0.3 is 5.97 Å². The van der Waals surface area contributed by atoms with Gasteiger partial charge < -0.3 is 19.6 Å². The van der Waals surface area contributed by atoms with Gasteiger partial charge in [-0.05, 0) is 55.0 Å². The van der Waals surface area contributed by atoms with Crippen LogP contribution in [0.15, 0.2) is 42.5 Å². The lowest BCUT2D eigenvalue weighted by Crippen LogP contribution is -2.46. The van der Waals surface area contributed by atoms with Gasteiger partial charge in [0.1, 0.15) is 5.75 Å². The Morgan fingerprint density at radius 3 is 2.04 bits per heavy atom. The number of phenolic OH excluding ortho intramolecular Hbond substituents is 1. The normalized spacial score (nSPS) is 14.6. The lowest BCUT2D eigenvalue weighted by atomic mass is 10.1. The Balaban J connectivity index is 1.64. The summed E-state index contributed by atoms with van der Waals surface area (Å²) in [6, 6.07) is 13.3. The van der Waals surface area contributed by atoms with E-state index in [2.05, 4.69) is 9.80 Å². The maximum atomic E-state index is 11.5. The maximum absolute atomic E-state index is 11.5. The van der Waals surface area contributed by atoms with E-state index in [1.54, 1.807) is 18.2 Å². The average Bonchev–Trinajstić information content (AvgIpc) is 2.63. The topological polar surface area (TPSA) is 53.0 Å². The summed E-state index contributed by atoms with van der Waals surface area (Å²) in [6.07, 6.45) is 0. The first-order valence-corrected chi connectivity index (χ1v) is 8.06. The van der Waals surface area contributed by atoms with Gasteiger partial charge in [-0.15, -0.1) is 0 Å². The minimum atomic E-state index is -0.311. The summed E-state index contributed by atoms with van der Waals surface area (Å²) >= 11 is 0. The Morgan fingerprint density at radius 1 is 0.958 bits per heavy atom. The Labute approximate surface area is 142 Å². The third kappa shape index (κ3) is 3.30. The number of anilines is 2. The third-order valence-electron chi connectivity index (χ3n) is 4.48. The van der Waals surface area contributed by atoms with Crippen molar-refractivity contribution in [2.24, 2.45) is 0 Å². The number of esters is 1. The number of rotatable bonds is 3. The molecule has 5 nitrogen and oxygen atoms in total. The van der Waals surface area contributed by atoms with Gasteiger partial charge in [-0.3, -0.25) is 0 Å². The molecule has 0 spiro atoms. The molecule has 0 aromatic heterocycles. The molecule has 1 heterocycles. The molecule has 0 radical (unpaired) electrons. The van der Waals surface area contributed by atoms with Gasteiger partial charge in [0.15, 0.2) is 0 Å². The van der Waals surface area contributed by atoms with E-state index in [-0.39, 0.29) is 5.97 Å². The van der Waals surface area contributed by atoms with Crippen molar-refractivity contribution in [3.63, 3.8) is 0 Å². The van der Waals surface area contributed by atoms with Gasteiger partial charge in [0, 0.05) is 37.6 Å². The first-order valence-electron chi connectivity index (χ1n) is 8.06. The monoisotopic (exact) mass is 326 g/mol. The first-order chi connectivity index (χ1) is 11.6. The van der Waals surface area contributed by atoms with Crippen LogP contribution in [-0.2, 0) is 4.74 Å². The van der Waals surface area contributed by atoms with Crippen molar-refractivity contribution >= 4 is 17.3 Å². The van der Waals surface area contributed by atoms with Crippen LogP contribution in [0.25, 0.3) is 0 Å². The molecule has 126 valence electrons. The van der Waals surface area contributed by atoms with Gasteiger partial charge in [0.2, 0.25) is 0 Å². The number of aromatic hydroxyl groups is 1. The molecule has 0 unspecified atom stereocenters. The number of piperazine rings is 1. The Hall–Kier alpha value is -2.69. The number of carbonyl (C=O) groups excluding carboxylic acids is 1. The van der Waals surface area contributed by atoms with E-state index in [1.165, 1.54) is 7.11 Å². The van der Waals surface area contributed by atoms with Crippen molar-refractivity contribution < 1.29 is 14.6 Å². The molecule has 24 heavy (non-hydrogen) atoms. The second kappa shape index (κ2) is 6.83. The minimum absolute atomic E-state index is 0.311. The number of hydrogen-bond donors (Lipinski definition) is 1. The predicted octanol–water partition coefficient (Wildman–Crippen LogP) is 2.81. The van der Waals surface area contributed by atoms with Crippen LogP contribution < -0.4 is 9.80 Å². The molecule has 1 aliphatic heterocycles. The molecule has 2 aromatic carbocycles. The van der Waals surface area contributed by atoms with Crippen LogP contribution in [0.4, 0.5) is 11.4 Å². The summed E-state index contributed by atoms with van der Waals surface area (Å²) in [6.45, 7) is 5.58. The third-order valence-corrected chi connectivity index (χ3v) is 4.48. The zero-order chi connectivity index (χ0) is 17.1. The van der Waals surface area contributed by atoms with E-state index in [0.717, 1.165) is 43.1 Å². The Morgan fingerprint density at radius 2 is 1.50 bits per heavy atom. The van der Waals surface area contributed by atoms with Crippen LogP contribution in [0.1, 0.15) is 15.9 Å². The Bertz CT molecular complexity index is 720. The van der Waals surface area contributed by atoms with Gasteiger partial charge in [0.05, 0.1) is 12.7 Å². The number of hydrogen-bond acceptors (Lipinski definition) is 5. The number of benzene rings is 2. The molecule has 0 saturated carbocycles. The summed E-state index contributed by atoms with van der Waals surface area (Å²) in [7, 11) is 1.39. The fraction of sp³-hybridized carbons (Fsp3) is 0.316. The van der Waals surface area contributed by atoms with Gasteiger partial charge in [-0.25, -0.2) is 4.79 Å². The number of phenols is 1. The molecule has 1 N–H and O–H groups in total. The number of aryl methyl sites for hydroxylation is 1. The number of ether oxygens (including phenoxy) is 1. The van der Waals surface area contributed by atoms with Crippen LogP contribution in [0.5, 0.6) is 5.75 Å². The molecule has 1 aliphatic rings. The molecule has 0 bridgehead atoms. The molecule has 1 fully saturated rings. The van der Waals surface area contributed by atoms with Crippen molar-refractivity contribution in [1.82, 2.24) is 0 Å². The zero-order valence-electron chi connectivity index (χ0n) is 14.0. The highest BCUT2D eigenvalue weighted by molar-refractivity contribution is 5.89. The molecule has 2 aromatic rings. The quantitative estimate of drug-likeness (QED) is 0.879. The number of carbonyl (C=O) groups is 1. The van der Waals surface area contributed by atoms with Crippen molar-refractivity contribution in [2.45, 2.75) is 6.92 Å². The van der Waals surface area contributed by atoms with Crippen LogP contribution >= 0.6 is 0 Å². The molecule has 3 rings (SSSR count). The van der Waals surface area contributed by atoms with Crippen LogP contribution in [0.2, 0.25) is 0 Å². The molecule has 0 atom stereocenters. The van der Waals surface area contributed by atoms with Crippen LogP contribution in [0, 0.1) is 6.92 Å². The van der Waals surface area contributed by atoms with Gasteiger partial charge in [-0.2, -0.15) is 0 Å². The van der Waals surface area contributed by atoms with E-state index in [0.29, 0.717) is 11.3 Å². The standard InChI is InChI=1S/C19H22N2O3/c1-14-13-17(7-8-18(14)22)21-11-9-20(10-12-21)16-5-3-15(4-6-16)19(23)24-2/h3-8,13,22H,9-12H2,1-2H3. The van der Waals surface area contributed by atoms with Crippen molar-refractivity contribution in [2.75, 3.05) is 43.1 Å². The van der Waals surface area contributed by atoms with Crippen molar-refractivity contribution in [3.8, 4) is 5.75 Å². The van der Waals surface area contributed by atoms with Gasteiger partial charge in [0.25, 0.3) is 0 Å². The lowest BCUT2D eigenvalue weighted by molar-refractivity contribution is 0.0601. The predicted molar refractivity (Wildman–Crippen MR) is 95.1 cm³/mol. The highest BCUT2D eigenvalue weighted by Crippen LogP contribution is 2.25. The number of methoxy groups -OCH3 is 1. The highest BCUT2D eigenvalue weighted by atomic mass is 16.5. The van der Waals surface area contributed by atoms with E-state index >= 15 is 0 Å². The molecule has 0 amide bonds. The van der Waals surface area contributed by atoms with Crippen molar-refractivity contribution in [1.29, 1.82) is 0 Å². The maximum Gasteiger partial charge on any atom is 0.337 e.